The topological polar surface area (TPSA) is 69.9 Å². The van der Waals surface area contributed by atoms with Gasteiger partial charge in [-0.05, 0) is 59.6 Å². The lowest BCUT2D eigenvalue weighted by atomic mass is 10.1. The van der Waals surface area contributed by atoms with Crippen molar-refractivity contribution in [2.45, 2.75) is 6.54 Å². The van der Waals surface area contributed by atoms with Crippen LogP contribution in [0.3, 0.4) is 0 Å². The maximum absolute atomic E-state index is 13.5. The van der Waals surface area contributed by atoms with E-state index >= 15 is 0 Å². The molecule has 0 aliphatic heterocycles. The Hall–Kier alpha value is -3.55. The molecule has 3 aromatic heterocycles. The van der Waals surface area contributed by atoms with Crippen molar-refractivity contribution in [2.75, 3.05) is 7.11 Å². The van der Waals surface area contributed by atoms with Gasteiger partial charge in [0.25, 0.3) is 0 Å². The number of rotatable bonds is 6. The average molecular weight is 461 g/mol. The minimum atomic E-state index is -0.0871. The quantitative estimate of drug-likeness (QED) is 0.313. The molecule has 0 saturated heterocycles. The van der Waals surface area contributed by atoms with Crippen molar-refractivity contribution >= 4 is 39.8 Å². The van der Waals surface area contributed by atoms with Crippen LogP contribution in [0, 0.1) is 0 Å². The highest BCUT2D eigenvalue weighted by molar-refractivity contribution is 7.08. The highest BCUT2D eigenvalue weighted by Crippen LogP contribution is 2.30. The van der Waals surface area contributed by atoms with Gasteiger partial charge >= 0.3 is 0 Å². The Morgan fingerprint density at radius 1 is 1.09 bits per heavy atom. The Balaban J connectivity index is 1.56. The Morgan fingerprint density at radius 2 is 1.94 bits per heavy atom. The van der Waals surface area contributed by atoms with E-state index in [0.717, 1.165) is 16.5 Å². The van der Waals surface area contributed by atoms with Gasteiger partial charge in [0.15, 0.2) is 0 Å². The number of carbonyl (C=O) groups is 1. The number of ether oxygens (including phenoxy) is 1. The molecule has 0 bridgehead atoms. The summed E-state index contributed by atoms with van der Waals surface area (Å²) in [4.78, 5) is 22.2. The number of aromatic nitrogens is 4. The lowest BCUT2D eigenvalue weighted by Gasteiger charge is -2.06. The first kappa shape index (κ1) is 20.4. The fourth-order valence-corrected chi connectivity index (χ4v) is 4.41. The average Bonchev–Trinajstić information content (AvgIpc) is 3.46. The van der Waals surface area contributed by atoms with E-state index in [0.29, 0.717) is 39.1 Å². The Kier molecular flexibility index (Phi) is 5.43. The van der Waals surface area contributed by atoms with Gasteiger partial charge in [0.2, 0.25) is 5.78 Å². The number of hydrogen-bond acceptors (Lipinski definition) is 6. The monoisotopic (exact) mass is 460 g/mol. The maximum Gasteiger partial charge on any atom is 0.206 e. The molecule has 5 rings (SSSR count). The molecule has 0 aliphatic carbocycles. The fraction of sp³-hybridized carbons (Fsp3) is 0.0833. The standard InChI is InChI=1S/C24H17ClN4O2S/c1-31-17-6-7-22-18(10-17)19(13-29(22)12-15-2-4-16(25)5-3-15)24(30)23-11-21(28-32-23)20-8-9-26-14-27-20/h2-11,13-14H,12H2,1H3. The SMILES string of the molecule is COc1ccc2c(c1)c(C(=O)c1cc(-c3ccncn3)ns1)cn2Cc1ccc(Cl)cc1. The molecule has 0 fully saturated rings. The van der Waals surface area contributed by atoms with Gasteiger partial charge in [-0.1, -0.05) is 23.7 Å². The molecule has 158 valence electrons. The van der Waals surface area contributed by atoms with Gasteiger partial charge < -0.3 is 9.30 Å². The number of benzene rings is 2. The Bertz CT molecular complexity index is 1410. The van der Waals surface area contributed by atoms with E-state index in [2.05, 4.69) is 18.9 Å². The van der Waals surface area contributed by atoms with Crippen molar-refractivity contribution < 1.29 is 9.53 Å². The molecule has 3 heterocycles. The predicted octanol–water partition coefficient (Wildman–Crippen LogP) is 5.50. The summed E-state index contributed by atoms with van der Waals surface area (Å²) < 4.78 is 11.9. The molecule has 0 N–H and O–H groups in total. The molecule has 8 heteroatoms. The zero-order chi connectivity index (χ0) is 22.1. The van der Waals surface area contributed by atoms with Gasteiger partial charge in [-0.25, -0.2) is 9.97 Å². The molecule has 5 aromatic rings. The van der Waals surface area contributed by atoms with E-state index in [-0.39, 0.29) is 5.78 Å². The minimum absolute atomic E-state index is 0.0871. The Labute approximate surface area is 193 Å². The summed E-state index contributed by atoms with van der Waals surface area (Å²) in [5.41, 5.74) is 3.98. The second-order valence-electron chi connectivity index (χ2n) is 7.18. The van der Waals surface area contributed by atoms with Crippen molar-refractivity contribution in [3.05, 3.63) is 94.3 Å². The molecule has 0 spiro atoms. The fourth-order valence-electron chi connectivity index (χ4n) is 3.58. The van der Waals surface area contributed by atoms with Crippen LogP contribution in [0.5, 0.6) is 5.75 Å². The van der Waals surface area contributed by atoms with Gasteiger partial charge in [-0.2, -0.15) is 4.37 Å². The second kappa shape index (κ2) is 8.53. The summed E-state index contributed by atoms with van der Waals surface area (Å²) in [6.45, 7) is 0.613. The summed E-state index contributed by atoms with van der Waals surface area (Å²) in [5, 5.41) is 1.52. The molecular weight excluding hydrogens is 444 g/mol. The van der Waals surface area contributed by atoms with Crippen LogP contribution in [0.1, 0.15) is 20.8 Å². The van der Waals surface area contributed by atoms with Crippen LogP contribution in [0.15, 0.2) is 73.3 Å². The van der Waals surface area contributed by atoms with Crippen LogP contribution in [0.4, 0.5) is 0 Å². The number of fused-ring (bicyclic) bond motifs is 1. The largest absolute Gasteiger partial charge is 0.497 e. The number of hydrogen-bond donors (Lipinski definition) is 0. The zero-order valence-corrected chi connectivity index (χ0v) is 18.6. The van der Waals surface area contributed by atoms with Crippen LogP contribution in [0.2, 0.25) is 5.02 Å². The molecule has 0 unspecified atom stereocenters. The van der Waals surface area contributed by atoms with Crippen LogP contribution < -0.4 is 4.74 Å². The van der Waals surface area contributed by atoms with Gasteiger partial charge in [0.05, 0.1) is 17.7 Å². The molecule has 0 radical (unpaired) electrons. The number of ketones is 1. The van der Waals surface area contributed by atoms with Crippen LogP contribution in [-0.2, 0) is 6.54 Å². The van der Waals surface area contributed by atoms with E-state index in [4.69, 9.17) is 16.3 Å². The molecule has 0 aliphatic rings. The zero-order valence-electron chi connectivity index (χ0n) is 17.0. The van der Waals surface area contributed by atoms with E-state index in [1.54, 1.807) is 25.4 Å². The third-order valence-electron chi connectivity index (χ3n) is 5.18. The number of carbonyl (C=O) groups excluding carboxylic acids is 1. The van der Waals surface area contributed by atoms with Crippen LogP contribution in [0.25, 0.3) is 22.3 Å². The summed E-state index contributed by atoms with van der Waals surface area (Å²) in [6.07, 6.45) is 5.01. The molecule has 0 amide bonds. The number of methoxy groups -OCH3 is 1. The van der Waals surface area contributed by atoms with Crippen molar-refractivity contribution in [3.63, 3.8) is 0 Å². The van der Waals surface area contributed by atoms with Crippen molar-refractivity contribution in [3.8, 4) is 17.1 Å². The highest BCUT2D eigenvalue weighted by Gasteiger charge is 2.20. The molecule has 6 nitrogen and oxygen atoms in total. The molecule has 32 heavy (non-hydrogen) atoms. The van der Waals surface area contributed by atoms with Gasteiger partial charge in [-0.3, -0.25) is 4.79 Å². The normalized spacial score (nSPS) is 11.1. The van der Waals surface area contributed by atoms with E-state index in [1.165, 1.54) is 17.9 Å². The smallest absolute Gasteiger partial charge is 0.206 e. The van der Waals surface area contributed by atoms with Crippen molar-refractivity contribution in [1.82, 2.24) is 18.9 Å². The summed E-state index contributed by atoms with van der Waals surface area (Å²) >= 11 is 7.19. The summed E-state index contributed by atoms with van der Waals surface area (Å²) in [6, 6.07) is 17.0. The van der Waals surface area contributed by atoms with Gasteiger partial charge in [-0.15, -0.1) is 0 Å². The first-order valence-corrected chi connectivity index (χ1v) is 11.0. The third-order valence-corrected chi connectivity index (χ3v) is 6.22. The number of halogens is 1. The lowest BCUT2D eigenvalue weighted by Crippen LogP contribution is -1.99. The first-order chi connectivity index (χ1) is 15.6. The van der Waals surface area contributed by atoms with Crippen LogP contribution in [-0.4, -0.2) is 31.8 Å². The van der Waals surface area contributed by atoms with E-state index in [9.17, 15) is 4.79 Å². The Morgan fingerprint density at radius 3 is 2.69 bits per heavy atom. The minimum Gasteiger partial charge on any atom is -0.497 e. The van der Waals surface area contributed by atoms with E-state index < -0.39 is 0 Å². The first-order valence-electron chi connectivity index (χ1n) is 9.81. The second-order valence-corrected chi connectivity index (χ2v) is 8.42. The van der Waals surface area contributed by atoms with Crippen LogP contribution >= 0.6 is 23.1 Å². The molecule has 0 saturated carbocycles. The summed E-state index contributed by atoms with van der Waals surface area (Å²) in [7, 11) is 1.62. The highest BCUT2D eigenvalue weighted by atomic mass is 35.5. The van der Waals surface area contributed by atoms with Crippen molar-refractivity contribution in [2.24, 2.45) is 0 Å². The predicted molar refractivity (Wildman–Crippen MR) is 126 cm³/mol. The lowest BCUT2D eigenvalue weighted by molar-refractivity contribution is 0.104. The van der Waals surface area contributed by atoms with Crippen molar-refractivity contribution in [1.29, 1.82) is 0 Å². The number of nitrogens with zero attached hydrogens (tertiary/aromatic N) is 4. The molecule has 0 atom stereocenters. The summed E-state index contributed by atoms with van der Waals surface area (Å²) in [5.74, 6) is 0.609. The third kappa shape index (κ3) is 3.88. The molecule has 2 aromatic carbocycles. The van der Waals surface area contributed by atoms with Gasteiger partial charge in [0, 0.05) is 40.4 Å². The van der Waals surface area contributed by atoms with Gasteiger partial charge in [0.1, 0.15) is 17.8 Å². The maximum atomic E-state index is 13.5. The molecular formula is C24H17ClN4O2S. The van der Waals surface area contributed by atoms with E-state index in [1.807, 2.05) is 48.7 Å².